The van der Waals surface area contributed by atoms with Crippen LogP contribution in [0.3, 0.4) is 0 Å². The van der Waals surface area contributed by atoms with E-state index in [1.807, 2.05) is 6.07 Å². The molecule has 0 unspecified atom stereocenters. The van der Waals surface area contributed by atoms with E-state index in [9.17, 15) is 36.2 Å². The molecule has 0 aliphatic carbocycles. The zero-order chi connectivity index (χ0) is 39.4. The number of hydrogen-bond acceptors (Lipinski definition) is 9. The molecule has 0 spiro atoms. The van der Waals surface area contributed by atoms with Gasteiger partial charge in [-0.2, -0.15) is 8.42 Å². The monoisotopic (exact) mass is 822 g/mol. The number of ether oxygens (including phenoxy) is 2. The van der Waals surface area contributed by atoms with E-state index in [-0.39, 0.29) is 49.2 Å². The van der Waals surface area contributed by atoms with Crippen LogP contribution in [0.1, 0.15) is 115 Å². The van der Waals surface area contributed by atoms with Gasteiger partial charge in [-0.15, -0.1) is 0 Å². The first-order chi connectivity index (χ1) is 25.9. The Hall–Kier alpha value is -2.84. The van der Waals surface area contributed by atoms with Crippen LogP contribution in [0.4, 0.5) is 0 Å². The van der Waals surface area contributed by atoms with Crippen LogP contribution in [-0.4, -0.2) is 68.8 Å². The van der Waals surface area contributed by atoms with Gasteiger partial charge in [0.1, 0.15) is 33.1 Å². The van der Waals surface area contributed by atoms with Crippen molar-refractivity contribution in [2.24, 2.45) is 0 Å². The Kier molecular flexibility index (Phi) is 22.3. The Morgan fingerprint density at radius 2 is 0.927 bits per heavy atom. The topological polar surface area (TPSA) is 173 Å². The summed E-state index contributed by atoms with van der Waals surface area (Å²) < 4.78 is 79.6. The normalized spacial score (nSPS) is 11.3. The van der Waals surface area contributed by atoms with E-state index in [0.717, 1.165) is 44.6 Å². The summed E-state index contributed by atoms with van der Waals surface area (Å²) in [5.41, 5.74) is 1.22. The van der Waals surface area contributed by atoms with Gasteiger partial charge < -0.3 is 24.2 Å². The fraction of sp³-hybridized carbons (Fsp3) is 0.429. The molecule has 0 aliphatic heterocycles. The molecule has 4 aromatic carbocycles. The predicted molar refractivity (Wildman–Crippen MR) is 214 cm³/mol. The number of para-hydroxylation sites is 2. The fourth-order valence-electron chi connectivity index (χ4n) is 6.04. The number of phenols is 1. The molecule has 296 valence electrons. The Morgan fingerprint density at radius 3 is 1.33 bits per heavy atom. The molecule has 0 saturated carbocycles. The molecule has 0 atom stereocenters. The molecule has 2 N–H and O–H groups in total. The van der Waals surface area contributed by atoms with Crippen LogP contribution >= 0.6 is 0 Å². The molecule has 10 nitrogen and oxygen atoms in total. The van der Waals surface area contributed by atoms with Gasteiger partial charge in [-0.1, -0.05) is 151 Å². The van der Waals surface area contributed by atoms with Crippen LogP contribution in [0.2, 0.25) is 0 Å². The van der Waals surface area contributed by atoms with Gasteiger partial charge in [0, 0.05) is 0 Å². The van der Waals surface area contributed by atoms with Crippen molar-refractivity contribution >= 4 is 58.0 Å². The van der Waals surface area contributed by atoms with Crippen molar-refractivity contribution in [2.45, 2.75) is 126 Å². The first kappa shape index (κ1) is 48.3. The second kappa shape index (κ2) is 25.4. The van der Waals surface area contributed by atoms with Crippen molar-refractivity contribution in [3.05, 3.63) is 96.1 Å². The summed E-state index contributed by atoms with van der Waals surface area (Å²) in [5.74, 6) is -0.669. The summed E-state index contributed by atoms with van der Waals surface area (Å²) in [6.45, 7) is 4.36. The third-order valence-electron chi connectivity index (χ3n) is 8.86. The van der Waals surface area contributed by atoms with Gasteiger partial charge in [-0.25, -0.2) is 8.42 Å². The first-order valence-corrected chi connectivity index (χ1v) is 21.8. The van der Waals surface area contributed by atoms with Crippen molar-refractivity contribution < 1.29 is 45.6 Å². The van der Waals surface area contributed by atoms with Crippen LogP contribution in [0.25, 0.3) is 0 Å². The molecular weight excluding hydrogens is 769 g/mol. The number of unbranched alkanes of at least 4 members (excludes halogenated alkanes) is 12. The fourth-order valence-corrected chi connectivity index (χ4v) is 7.49. The minimum atomic E-state index is -4.94. The Balaban J connectivity index is 0.000000373. The van der Waals surface area contributed by atoms with Crippen LogP contribution in [0.15, 0.2) is 94.7 Å². The summed E-state index contributed by atoms with van der Waals surface area (Å²) in [6, 6.07) is 22.9. The quantitative estimate of drug-likeness (QED) is 0.0441. The first-order valence-electron chi connectivity index (χ1n) is 18.9. The maximum Gasteiger partial charge on any atom is 2.00 e. The van der Waals surface area contributed by atoms with Crippen molar-refractivity contribution in [3.8, 4) is 34.5 Å². The second-order valence-electron chi connectivity index (χ2n) is 13.3. The molecular formula is C42H54CaO10S2. The summed E-state index contributed by atoms with van der Waals surface area (Å²) in [4.78, 5) is -1.38. The van der Waals surface area contributed by atoms with Crippen LogP contribution in [-0.2, 0) is 33.1 Å². The van der Waals surface area contributed by atoms with Crippen molar-refractivity contribution in [3.63, 3.8) is 0 Å². The van der Waals surface area contributed by atoms with Gasteiger partial charge >= 0.3 is 47.9 Å². The van der Waals surface area contributed by atoms with E-state index in [2.05, 4.69) is 13.8 Å². The van der Waals surface area contributed by atoms with Gasteiger partial charge in [0.15, 0.2) is 10.6 Å². The maximum absolute atomic E-state index is 12.0. The van der Waals surface area contributed by atoms with Crippen molar-refractivity contribution in [1.29, 1.82) is 0 Å². The van der Waals surface area contributed by atoms with Gasteiger partial charge in [-0.3, -0.25) is 4.55 Å². The molecule has 4 aromatic rings. The summed E-state index contributed by atoms with van der Waals surface area (Å²) >= 11 is 0. The average molecular weight is 823 g/mol. The number of aryl methyl sites for hydroxylation is 2. The van der Waals surface area contributed by atoms with Crippen molar-refractivity contribution in [2.75, 3.05) is 0 Å². The van der Waals surface area contributed by atoms with Gasteiger partial charge in [0.2, 0.25) is 0 Å². The van der Waals surface area contributed by atoms with E-state index >= 15 is 0 Å². The van der Waals surface area contributed by atoms with Crippen LogP contribution < -0.4 is 14.6 Å². The van der Waals surface area contributed by atoms with Crippen LogP contribution in [0, 0.1) is 0 Å². The molecule has 0 saturated heterocycles. The number of phenolic OH excluding ortho intramolecular Hbond substituents is 1. The van der Waals surface area contributed by atoms with E-state index in [1.54, 1.807) is 66.7 Å². The van der Waals surface area contributed by atoms with Gasteiger partial charge in [-0.05, 0) is 67.1 Å². The van der Waals surface area contributed by atoms with Crippen molar-refractivity contribution in [1.82, 2.24) is 0 Å². The molecule has 0 heterocycles. The Labute approximate surface area is 357 Å². The largest absolute Gasteiger partial charge is 2.00 e. The molecule has 0 aromatic heterocycles. The molecule has 55 heavy (non-hydrogen) atoms. The molecule has 0 bridgehead atoms. The Bertz CT molecular complexity index is 1780. The third kappa shape index (κ3) is 17.0. The molecule has 0 radical (unpaired) electrons. The van der Waals surface area contributed by atoms with Crippen LogP contribution in [0.5, 0.6) is 34.5 Å². The number of hydrogen-bond donors (Lipinski definition) is 2. The standard InChI is InChI=1S/2C21H28O5S.Ca/c2*1-2-3-4-5-6-7-9-12-17-15-16-19(22)21(27(23,24)25)20(17)26-18-13-10-8-11-14-18;/h2*8,10-11,13-16,22H,2-7,9,12H2,1H3,(H,23,24,25);/q;;+2/p-2. The number of benzene rings is 4. The van der Waals surface area contributed by atoms with E-state index in [1.165, 1.54) is 57.4 Å². The summed E-state index contributed by atoms with van der Waals surface area (Å²) in [5, 5.41) is 22.0. The Morgan fingerprint density at radius 1 is 0.545 bits per heavy atom. The smallest absolute Gasteiger partial charge is 0.872 e. The third-order valence-corrected chi connectivity index (χ3v) is 10.7. The molecule has 0 fully saturated rings. The molecule has 0 amide bonds. The molecule has 0 aliphatic rings. The minimum absolute atomic E-state index is 0. The zero-order valence-corrected chi connectivity index (χ0v) is 35.9. The second-order valence-corrected chi connectivity index (χ2v) is 16.0. The number of rotatable bonds is 22. The van der Waals surface area contributed by atoms with E-state index in [0.29, 0.717) is 35.5 Å². The van der Waals surface area contributed by atoms with E-state index < -0.39 is 41.5 Å². The predicted octanol–water partition coefficient (Wildman–Crippen LogP) is 10.1. The minimum Gasteiger partial charge on any atom is -0.872 e. The maximum atomic E-state index is 12.0. The average Bonchev–Trinajstić information content (AvgIpc) is 3.12. The van der Waals surface area contributed by atoms with E-state index in [4.69, 9.17) is 9.47 Å². The molecule has 4 rings (SSSR count). The summed E-state index contributed by atoms with van der Waals surface area (Å²) in [6.07, 6.45) is 16.9. The number of aromatic hydroxyl groups is 1. The zero-order valence-electron chi connectivity index (χ0n) is 32.1. The van der Waals surface area contributed by atoms with Gasteiger partial charge in [0.05, 0.1) is 4.90 Å². The summed E-state index contributed by atoms with van der Waals surface area (Å²) in [7, 11) is -9.57. The molecule has 13 heteroatoms. The SMILES string of the molecule is CCCCCCCCCc1ccc(O)c(S(=O)(=O)O)c1Oc1ccccc1.CCCCCCCCCc1ccc([O-])c(S(=O)(=O)[O-])c1Oc1ccccc1.[Ca+2]. The van der Waals surface area contributed by atoms with Gasteiger partial charge in [0.25, 0.3) is 0 Å².